The number of hydrogen-bond acceptors (Lipinski definition) is 30. The summed E-state index contributed by atoms with van der Waals surface area (Å²) in [7, 11) is 14.8. The zero-order valence-electron chi connectivity index (χ0n) is 75.7. The van der Waals surface area contributed by atoms with E-state index in [1.54, 1.807) is 82.0 Å². The molecule has 2 saturated heterocycles. The highest BCUT2D eigenvalue weighted by Crippen LogP contribution is 2.46. The maximum atomic E-state index is 7.78. The third kappa shape index (κ3) is 19.9. The van der Waals surface area contributed by atoms with Gasteiger partial charge in [0.25, 0.3) is 17.5 Å². The lowest BCUT2D eigenvalue weighted by Crippen LogP contribution is -2.20. The van der Waals surface area contributed by atoms with Gasteiger partial charge in [-0.05, 0) is 177 Å². The molecule has 0 saturated carbocycles. The standard InChI is InChI=1S/C32H36N10O3.C28H29N9O2.C21H23ClN8O2.C10H13N3O/c1-19-34-27-25(37-24-12-10-11-22(28(24)43-6)29-38-40-41(5)39-29)18-21(36-31(27)42(19)26-13-8-9-16-45-26)17-20-14-15-23(30(33-4)35-20)32(2,3)44-7;1-16-13-22-24(30-16)23(33-21-10-8-9-19(25(21)38-6)26-34-36-37(5)35-26)15-18(31-22)14-17-11-12-20(27(29-4)32-17)28(2,3)39-7;1-12-23-18-15(11-16(22)25-21(18)30(12)17-9-4-5-10-32-17)24-14-8-6-7-13(19(14)31-3)20-26-28-29(2)27-20;1-10(2,14-4)7-5-6-8(11)13-9(7)12-3/h10-12,14-15,18,26H,8-9,13,16-17H2,1-3,5-7H3,(H,36,37);8-12,15H,13-14H2,1-3,5-7H3,(H,31,33);6-8,11,17H,4-5,9-10H2,1-3H3,(H,24,25);5-6H,1-2,4H3,(H2,11,13). The van der Waals surface area contributed by atoms with Gasteiger partial charge in [-0.1, -0.05) is 67.7 Å². The van der Waals surface area contributed by atoms with Gasteiger partial charge < -0.3 is 74.1 Å². The van der Waals surface area contributed by atoms with Crippen molar-refractivity contribution in [3.63, 3.8) is 0 Å². The van der Waals surface area contributed by atoms with Crippen molar-refractivity contribution in [2.75, 3.05) is 77.6 Å². The second-order valence-electron chi connectivity index (χ2n) is 32.3. The van der Waals surface area contributed by atoms with Crippen molar-refractivity contribution in [1.29, 1.82) is 0 Å². The lowest BCUT2D eigenvalue weighted by atomic mass is 9.98. The molecule has 3 aromatic carbocycles. The van der Waals surface area contributed by atoms with Crippen LogP contribution in [-0.2, 0) is 80.9 Å². The average Bonchev–Trinajstić information content (AvgIpc) is 1.55. The van der Waals surface area contributed by atoms with Crippen molar-refractivity contribution in [2.24, 2.45) is 26.1 Å². The second kappa shape index (κ2) is 39.4. The number of fused-ring (bicyclic) bond motifs is 3. The summed E-state index contributed by atoms with van der Waals surface area (Å²) >= 11 is 6.42. The third-order valence-electron chi connectivity index (χ3n) is 22.4. The number of para-hydroxylation sites is 3. The first kappa shape index (κ1) is 91.7. The van der Waals surface area contributed by atoms with Crippen LogP contribution in [0.15, 0.2) is 114 Å². The monoisotopic (exact) mass is 1780 g/mol. The van der Waals surface area contributed by atoms with Crippen molar-refractivity contribution in [3.05, 3.63) is 205 Å². The van der Waals surface area contributed by atoms with E-state index in [9.17, 15) is 0 Å². The Morgan fingerprint density at radius 3 is 1.25 bits per heavy atom. The number of aryl methyl sites for hydroxylation is 5. The molecule has 0 radical (unpaired) electrons. The topological polar surface area (TPSA) is 405 Å². The summed E-state index contributed by atoms with van der Waals surface area (Å²) in [4.78, 5) is 57.3. The number of aromatic nitrogens is 22. The fourth-order valence-corrected chi connectivity index (χ4v) is 15.6. The maximum Gasteiger partial charge on any atom is 0.277 e. The number of nitrogens with zero attached hydrogens (tertiary/aromatic N) is 26. The van der Waals surface area contributed by atoms with Gasteiger partial charge in [0.05, 0.1) is 140 Å². The van der Waals surface area contributed by atoms with Crippen LogP contribution < -0.4 is 35.9 Å². The van der Waals surface area contributed by atoms with Gasteiger partial charge >= 0.3 is 0 Å². The van der Waals surface area contributed by atoms with Crippen molar-refractivity contribution in [2.45, 2.75) is 149 Å². The molecule has 0 spiro atoms. The zero-order chi connectivity index (χ0) is 92.5. The highest BCUT2D eigenvalue weighted by Gasteiger charge is 2.33. The van der Waals surface area contributed by atoms with Crippen LogP contribution in [-0.4, -0.2) is 171 Å². The molecule has 2 atom stereocenters. The predicted molar refractivity (Wildman–Crippen MR) is 492 cm³/mol. The Balaban J connectivity index is 0.000000148. The molecular weight excluding hydrogens is 1680 g/mol. The van der Waals surface area contributed by atoms with E-state index in [0.29, 0.717) is 123 Å². The SMILES string of the molecule is COc1c(Nc2cc(Cl)nc3c2nc(C)n3C2CCCCO2)cccc1-c1nnn(C)n1.[C-]#[N+]c1nc(Cc2cc(Nc3cccc(-c4nnn(C)n4)c3OC)c3c(n2)CC(C)=N3)ccc1C(C)(C)OC.[C-]#[N+]c1nc(Cc2cc(Nc3cccc(-c4nnn(C)n4)c3OC)c3nc(C)n(C4CCCCO4)c3n2)ccc1C(C)(C)OC.[C-]#[N+]c1nc(N)ccc1C(C)(C)OC. The molecule has 3 aliphatic heterocycles. The first-order valence-corrected chi connectivity index (χ1v) is 42.2. The molecule has 2 unspecified atom stereocenters. The van der Waals surface area contributed by atoms with E-state index < -0.39 is 16.8 Å². The van der Waals surface area contributed by atoms with Crippen LogP contribution in [0.1, 0.15) is 156 Å². The highest BCUT2D eigenvalue weighted by molar-refractivity contribution is 6.30. The van der Waals surface area contributed by atoms with E-state index in [4.69, 9.17) is 105 Å². The summed E-state index contributed by atoms with van der Waals surface area (Å²) in [6.45, 7) is 41.2. The Morgan fingerprint density at radius 1 is 0.462 bits per heavy atom. The number of nitrogens with two attached hydrogens (primary N) is 1. The van der Waals surface area contributed by atoms with Crippen molar-refractivity contribution < 1.29 is 37.9 Å². The molecule has 11 aromatic heterocycles. The number of ether oxygens (including phenoxy) is 8. The Morgan fingerprint density at radius 2 is 0.854 bits per heavy atom. The number of pyridine rings is 6. The van der Waals surface area contributed by atoms with Crippen LogP contribution >= 0.6 is 11.6 Å². The van der Waals surface area contributed by atoms with Gasteiger partial charge in [0.1, 0.15) is 57.4 Å². The lowest BCUT2D eigenvalue weighted by molar-refractivity contribution is -0.0310. The summed E-state index contributed by atoms with van der Waals surface area (Å²) in [6, 6.07) is 34.0. The highest BCUT2D eigenvalue weighted by atomic mass is 35.5. The first-order valence-electron chi connectivity index (χ1n) is 41.8. The van der Waals surface area contributed by atoms with Gasteiger partial charge in [0.15, 0.2) is 28.5 Å². The molecule has 0 bridgehead atoms. The van der Waals surface area contributed by atoms with Crippen LogP contribution in [0.25, 0.3) is 71.0 Å². The Kier molecular flexibility index (Phi) is 27.8. The van der Waals surface area contributed by atoms with E-state index in [2.05, 4.69) is 96.2 Å². The molecule has 3 aliphatic rings. The first-order chi connectivity index (χ1) is 62.5. The maximum absolute atomic E-state index is 7.78. The van der Waals surface area contributed by atoms with E-state index in [1.807, 2.05) is 158 Å². The summed E-state index contributed by atoms with van der Waals surface area (Å²) in [6.07, 6.45) is 7.37. The summed E-state index contributed by atoms with van der Waals surface area (Å²) in [5.74, 6) is 6.09. The van der Waals surface area contributed by atoms with E-state index in [-0.39, 0.29) is 12.5 Å². The number of aliphatic imine (C=N–C) groups is 1. The number of tetrazole rings is 3. The second-order valence-corrected chi connectivity index (χ2v) is 32.7. The van der Waals surface area contributed by atoms with Gasteiger partial charge in [-0.3, -0.25) is 19.1 Å². The summed E-state index contributed by atoms with van der Waals surface area (Å²) in [5, 5.41) is 48.1. The molecule has 14 aromatic rings. The van der Waals surface area contributed by atoms with Crippen LogP contribution in [0.3, 0.4) is 0 Å². The summed E-state index contributed by atoms with van der Waals surface area (Å²) < 4.78 is 50.1. The Hall–Kier alpha value is -14.5. The molecule has 38 nitrogen and oxygen atoms in total. The zero-order valence-corrected chi connectivity index (χ0v) is 76.4. The number of nitrogens with one attached hydrogen (secondary N) is 3. The number of nitrogen functional groups attached to an aromatic ring is 1. The van der Waals surface area contributed by atoms with Gasteiger partial charge in [-0.15, -0.1) is 45.5 Å². The smallest absolute Gasteiger partial charge is 0.277 e. The molecule has 14 heterocycles. The molecule has 130 heavy (non-hydrogen) atoms. The number of anilines is 7. The molecule has 17 rings (SSSR count). The van der Waals surface area contributed by atoms with E-state index in [0.717, 1.165) is 153 Å². The van der Waals surface area contributed by atoms with Crippen LogP contribution in [0.4, 0.5) is 63.1 Å². The van der Waals surface area contributed by atoms with Crippen molar-refractivity contribution in [3.8, 4) is 51.4 Å². The van der Waals surface area contributed by atoms with Crippen LogP contribution in [0.2, 0.25) is 5.15 Å². The largest absolute Gasteiger partial charge is 0.494 e. The normalized spacial score (nSPS) is 14.3. The fourth-order valence-electron chi connectivity index (χ4n) is 15.5. The lowest BCUT2D eigenvalue weighted by Gasteiger charge is -2.25. The third-order valence-corrected chi connectivity index (χ3v) is 22.6. The fraction of sp³-hybridized carbons (Fsp3) is 0.374. The average molecular weight is 1780 g/mol. The van der Waals surface area contributed by atoms with Crippen molar-refractivity contribution >= 4 is 103 Å². The number of halogens is 1. The van der Waals surface area contributed by atoms with Gasteiger partial charge in [0, 0.05) is 75.5 Å². The van der Waals surface area contributed by atoms with Crippen molar-refractivity contribution in [1.82, 2.24) is 110 Å². The minimum atomic E-state index is -0.641. The molecule has 670 valence electrons. The minimum absolute atomic E-state index is 0.0897. The summed E-state index contributed by atoms with van der Waals surface area (Å²) in [5.41, 5.74) is 21.1. The van der Waals surface area contributed by atoms with Gasteiger partial charge in [0.2, 0.25) is 23.3 Å². The van der Waals surface area contributed by atoms with E-state index in [1.165, 1.54) is 14.4 Å². The number of rotatable bonds is 24. The number of benzene rings is 3. The van der Waals surface area contributed by atoms with Gasteiger partial charge in [-0.2, -0.15) is 14.4 Å². The molecule has 2 fully saturated rings. The molecular formula is C91H101ClN30O8. The molecule has 0 amide bonds. The molecule has 39 heteroatoms. The minimum Gasteiger partial charge on any atom is -0.494 e. The number of methoxy groups -OCH3 is 6. The molecule has 5 N–H and O–H groups in total. The van der Waals surface area contributed by atoms with E-state index >= 15 is 0 Å². The Labute approximate surface area is 756 Å². The predicted octanol–water partition coefficient (Wildman–Crippen LogP) is 17.0. The van der Waals surface area contributed by atoms with Crippen LogP contribution in [0.5, 0.6) is 17.2 Å². The quantitative estimate of drug-likeness (QED) is 0.0322. The van der Waals surface area contributed by atoms with Crippen LogP contribution in [0, 0.1) is 33.6 Å². The van der Waals surface area contributed by atoms with Gasteiger partial charge in [-0.25, -0.2) is 19.9 Å². The Bertz CT molecular complexity index is 6680. The molecule has 0 aliphatic carbocycles. The number of imidazole rings is 2. The number of hydrogen-bond donors (Lipinski definition) is 4.